The number of carbonyl (C=O) groups excluding carboxylic acids is 1. The molecule has 1 aromatic carbocycles. The number of halogens is 1. The smallest absolute Gasteiger partial charge is 0.283 e. The second-order valence-corrected chi connectivity index (χ2v) is 6.03. The maximum Gasteiger partial charge on any atom is 0.283 e. The molecule has 0 bridgehead atoms. The van der Waals surface area contributed by atoms with Crippen molar-refractivity contribution >= 4 is 23.2 Å². The average molecular weight is 326 g/mol. The van der Waals surface area contributed by atoms with Gasteiger partial charge in [-0.1, -0.05) is 24.4 Å². The summed E-state index contributed by atoms with van der Waals surface area (Å²) in [5, 5.41) is 14.0. The molecule has 0 saturated heterocycles. The molecule has 1 aliphatic carbocycles. The molecule has 1 amide bonds. The molecule has 7 heteroatoms. The normalized spacial score (nSPS) is 15.2. The largest absolute Gasteiger partial charge is 0.351 e. The predicted molar refractivity (Wildman–Crippen MR) is 85.3 cm³/mol. The Morgan fingerprint density at radius 3 is 2.77 bits per heavy atom. The van der Waals surface area contributed by atoms with Crippen LogP contribution in [0.1, 0.15) is 36.0 Å². The maximum atomic E-state index is 12.1. The zero-order valence-electron chi connectivity index (χ0n) is 12.5. The molecule has 1 aliphatic rings. The Labute approximate surface area is 134 Å². The van der Waals surface area contributed by atoms with E-state index in [2.05, 4.69) is 10.2 Å². The number of benzene rings is 1. The van der Waals surface area contributed by atoms with E-state index >= 15 is 0 Å². The number of hydrogen-bond donors (Lipinski definition) is 1. The summed E-state index contributed by atoms with van der Waals surface area (Å²) in [5.41, 5.74) is -0.230. The zero-order chi connectivity index (χ0) is 16.1. The minimum Gasteiger partial charge on any atom is -0.351 e. The van der Waals surface area contributed by atoms with Gasteiger partial charge < -0.3 is 10.2 Å². The summed E-state index contributed by atoms with van der Waals surface area (Å²) < 4.78 is 0. The van der Waals surface area contributed by atoms with Gasteiger partial charge in [-0.2, -0.15) is 0 Å². The number of amides is 1. The minimum atomic E-state index is -0.592. The first kappa shape index (κ1) is 16.7. The van der Waals surface area contributed by atoms with Gasteiger partial charge in [0.05, 0.1) is 4.92 Å². The number of nitrogens with one attached hydrogen (secondary N) is 1. The molecule has 6 nitrogen and oxygen atoms in total. The number of rotatable bonds is 6. The van der Waals surface area contributed by atoms with E-state index in [1.54, 1.807) is 0 Å². The summed E-state index contributed by atoms with van der Waals surface area (Å²) in [6.07, 6.45) is 4.93. The molecule has 0 aromatic heterocycles. The average Bonchev–Trinajstić information content (AvgIpc) is 3.01. The van der Waals surface area contributed by atoms with Crippen LogP contribution in [0.4, 0.5) is 5.69 Å². The molecule has 1 N–H and O–H groups in total. The first-order valence-electron chi connectivity index (χ1n) is 7.41. The van der Waals surface area contributed by atoms with Crippen molar-refractivity contribution < 1.29 is 9.72 Å². The molecule has 1 aromatic rings. The quantitative estimate of drug-likeness (QED) is 0.644. The Balaban J connectivity index is 1.91. The number of nitro benzene ring substituents is 1. The second-order valence-electron chi connectivity index (χ2n) is 5.59. The number of carbonyl (C=O) groups is 1. The third-order valence-electron chi connectivity index (χ3n) is 4.10. The lowest BCUT2D eigenvalue weighted by molar-refractivity contribution is -0.385. The van der Waals surface area contributed by atoms with Gasteiger partial charge in [0, 0.05) is 30.2 Å². The molecule has 0 unspecified atom stereocenters. The summed E-state index contributed by atoms with van der Waals surface area (Å²) in [4.78, 5) is 24.7. The van der Waals surface area contributed by atoms with Crippen LogP contribution in [0.3, 0.4) is 0 Å². The zero-order valence-corrected chi connectivity index (χ0v) is 13.3. The van der Waals surface area contributed by atoms with Crippen LogP contribution in [0.2, 0.25) is 5.02 Å². The van der Waals surface area contributed by atoms with E-state index in [0.29, 0.717) is 12.6 Å². The fraction of sp³-hybridized carbons (Fsp3) is 0.533. The standard InChI is InChI=1S/C15H20ClN3O3/c1-18(12-4-2-3-5-12)9-8-17-15(20)13-7-6-11(16)10-14(13)19(21)22/h6-7,10,12H,2-5,8-9H2,1H3,(H,17,20). The SMILES string of the molecule is CN(CCNC(=O)c1ccc(Cl)cc1[N+](=O)[O-])C1CCCC1. The number of hydrogen-bond acceptors (Lipinski definition) is 4. The van der Waals surface area contributed by atoms with Gasteiger partial charge in [-0.25, -0.2) is 0 Å². The van der Waals surface area contributed by atoms with Gasteiger partial charge in [0.25, 0.3) is 11.6 Å². The van der Waals surface area contributed by atoms with Crippen molar-refractivity contribution in [3.05, 3.63) is 38.9 Å². The third-order valence-corrected chi connectivity index (χ3v) is 4.33. The van der Waals surface area contributed by atoms with E-state index in [0.717, 1.165) is 6.54 Å². The van der Waals surface area contributed by atoms with Crippen LogP contribution in [0.25, 0.3) is 0 Å². The van der Waals surface area contributed by atoms with E-state index < -0.39 is 10.8 Å². The molecule has 120 valence electrons. The van der Waals surface area contributed by atoms with Crippen molar-refractivity contribution in [2.75, 3.05) is 20.1 Å². The molecule has 0 heterocycles. The van der Waals surface area contributed by atoms with Gasteiger partial charge in [-0.3, -0.25) is 14.9 Å². The van der Waals surface area contributed by atoms with Gasteiger partial charge in [0.15, 0.2) is 0 Å². The van der Waals surface area contributed by atoms with Crippen molar-refractivity contribution in [3.63, 3.8) is 0 Å². The molecule has 1 saturated carbocycles. The van der Waals surface area contributed by atoms with E-state index in [9.17, 15) is 14.9 Å². The minimum absolute atomic E-state index is 0.0397. The third kappa shape index (κ3) is 4.18. The Morgan fingerprint density at radius 1 is 1.45 bits per heavy atom. The molecule has 1 fully saturated rings. The maximum absolute atomic E-state index is 12.1. The van der Waals surface area contributed by atoms with Gasteiger partial charge in [-0.05, 0) is 32.0 Å². The van der Waals surface area contributed by atoms with Gasteiger partial charge >= 0.3 is 0 Å². The lowest BCUT2D eigenvalue weighted by atomic mass is 10.1. The van der Waals surface area contributed by atoms with Gasteiger partial charge in [0.2, 0.25) is 0 Å². The van der Waals surface area contributed by atoms with Crippen LogP contribution < -0.4 is 5.32 Å². The molecule has 0 atom stereocenters. The Bertz CT molecular complexity index is 559. The van der Waals surface area contributed by atoms with Crippen LogP contribution in [0, 0.1) is 10.1 Å². The highest BCUT2D eigenvalue weighted by molar-refractivity contribution is 6.31. The van der Waals surface area contributed by atoms with Crippen molar-refractivity contribution in [1.29, 1.82) is 0 Å². The summed E-state index contributed by atoms with van der Waals surface area (Å²) in [6.45, 7) is 1.20. The Kier molecular flexibility index (Phi) is 5.74. The molecule has 22 heavy (non-hydrogen) atoms. The van der Waals surface area contributed by atoms with Crippen LogP contribution in [0.15, 0.2) is 18.2 Å². The van der Waals surface area contributed by atoms with Gasteiger partial charge in [-0.15, -0.1) is 0 Å². The van der Waals surface area contributed by atoms with Crippen molar-refractivity contribution in [3.8, 4) is 0 Å². The summed E-state index contributed by atoms with van der Waals surface area (Å²) in [5.74, 6) is -0.441. The second kappa shape index (κ2) is 7.56. The van der Waals surface area contributed by atoms with E-state index in [1.165, 1.54) is 43.9 Å². The lowest BCUT2D eigenvalue weighted by Gasteiger charge is -2.23. The highest BCUT2D eigenvalue weighted by atomic mass is 35.5. The highest BCUT2D eigenvalue weighted by Crippen LogP contribution is 2.23. The first-order valence-corrected chi connectivity index (χ1v) is 7.79. The van der Waals surface area contributed by atoms with Crippen molar-refractivity contribution in [2.45, 2.75) is 31.7 Å². The molecular formula is C15H20ClN3O3. The summed E-state index contributed by atoms with van der Waals surface area (Å²) in [6, 6.07) is 4.65. The monoisotopic (exact) mass is 325 g/mol. The Morgan fingerprint density at radius 2 is 2.14 bits per heavy atom. The molecule has 0 spiro atoms. The summed E-state index contributed by atoms with van der Waals surface area (Å²) in [7, 11) is 2.05. The van der Waals surface area contributed by atoms with Gasteiger partial charge in [0.1, 0.15) is 5.56 Å². The number of likely N-dealkylation sites (N-methyl/N-ethyl adjacent to an activating group) is 1. The fourth-order valence-electron chi connectivity index (χ4n) is 2.82. The lowest BCUT2D eigenvalue weighted by Crippen LogP contribution is -2.37. The topological polar surface area (TPSA) is 75.5 Å². The van der Waals surface area contributed by atoms with E-state index in [1.807, 2.05) is 7.05 Å². The number of nitro groups is 1. The Hall–Kier alpha value is -1.66. The highest BCUT2D eigenvalue weighted by Gasteiger charge is 2.22. The van der Waals surface area contributed by atoms with Crippen LogP contribution in [0.5, 0.6) is 0 Å². The van der Waals surface area contributed by atoms with Crippen molar-refractivity contribution in [2.24, 2.45) is 0 Å². The summed E-state index contributed by atoms with van der Waals surface area (Å²) >= 11 is 5.74. The fourth-order valence-corrected chi connectivity index (χ4v) is 2.98. The molecule has 2 rings (SSSR count). The van der Waals surface area contributed by atoms with Crippen molar-refractivity contribution in [1.82, 2.24) is 10.2 Å². The molecule has 0 radical (unpaired) electrons. The van der Waals surface area contributed by atoms with Crippen LogP contribution >= 0.6 is 11.6 Å². The molecule has 0 aliphatic heterocycles. The number of nitrogens with zero attached hydrogens (tertiary/aromatic N) is 2. The first-order chi connectivity index (χ1) is 10.5. The van der Waals surface area contributed by atoms with E-state index in [4.69, 9.17) is 11.6 Å². The van der Waals surface area contributed by atoms with Crippen LogP contribution in [-0.4, -0.2) is 41.9 Å². The molecular weight excluding hydrogens is 306 g/mol. The van der Waals surface area contributed by atoms with E-state index in [-0.39, 0.29) is 16.3 Å². The predicted octanol–water partition coefficient (Wildman–Crippen LogP) is 2.85. The van der Waals surface area contributed by atoms with Crippen LogP contribution in [-0.2, 0) is 0 Å².